The van der Waals surface area contributed by atoms with Gasteiger partial charge in [-0.15, -0.1) is 0 Å². The highest BCUT2D eigenvalue weighted by atomic mass is 16.2. The summed E-state index contributed by atoms with van der Waals surface area (Å²) in [6.45, 7) is 2.34. The molecule has 132 valence electrons. The Hall–Kier alpha value is -2.14. The zero-order valence-electron chi connectivity index (χ0n) is 14.6. The number of aromatic nitrogens is 2. The Balaban J connectivity index is 1.62. The predicted molar refractivity (Wildman–Crippen MR) is 97.2 cm³/mol. The molecule has 1 aliphatic heterocycles. The van der Waals surface area contributed by atoms with Crippen LogP contribution >= 0.6 is 0 Å². The molecule has 0 saturated heterocycles. The Labute approximate surface area is 148 Å². The van der Waals surface area contributed by atoms with E-state index in [-0.39, 0.29) is 5.91 Å². The molecule has 2 heterocycles. The van der Waals surface area contributed by atoms with Gasteiger partial charge < -0.3 is 10.2 Å². The molecule has 0 bridgehead atoms. The van der Waals surface area contributed by atoms with Crippen LogP contribution in [0.2, 0.25) is 0 Å². The number of rotatable bonds is 4. The second-order valence-electron chi connectivity index (χ2n) is 7.17. The maximum atomic E-state index is 13.4. The van der Waals surface area contributed by atoms with Crippen molar-refractivity contribution in [2.45, 2.75) is 57.7 Å². The lowest BCUT2D eigenvalue weighted by atomic mass is 9.93. The first-order chi connectivity index (χ1) is 12.3. The van der Waals surface area contributed by atoms with Crippen LogP contribution in [0, 0.1) is 0 Å². The van der Waals surface area contributed by atoms with Gasteiger partial charge in [-0.1, -0.05) is 49.6 Å². The largest absolute Gasteiger partial charge is 0.330 e. The molecule has 0 atom stereocenters. The maximum absolute atomic E-state index is 13.4. The summed E-state index contributed by atoms with van der Waals surface area (Å²) in [6.07, 6.45) is 6.82. The third kappa shape index (κ3) is 3.47. The number of fused-ring (bicyclic) bond motifs is 1. The van der Waals surface area contributed by atoms with E-state index >= 15 is 0 Å². The summed E-state index contributed by atoms with van der Waals surface area (Å²) in [7, 11) is 0. The molecule has 0 spiro atoms. The first-order valence-corrected chi connectivity index (χ1v) is 9.44. The van der Waals surface area contributed by atoms with Gasteiger partial charge >= 0.3 is 0 Å². The van der Waals surface area contributed by atoms with Gasteiger partial charge in [-0.2, -0.15) is 5.10 Å². The number of carbonyl (C=O) groups excluding carboxylic acids is 1. The third-order valence-electron chi connectivity index (χ3n) is 5.48. The zero-order valence-corrected chi connectivity index (χ0v) is 14.6. The number of amides is 1. The summed E-state index contributed by atoms with van der Waals surface area (Å²) >= 11 is 0. The van der Waals surface area contributed by atoms with Crippen molar-refractivity contribution in [3.05, 3.63) is 52.8 Å². The zero-order chi connectivity index (χ0) is 17.1. The summed E-state index contributed by atoms with van der Waals surface area (Å²) in [6, 6.07) is 10.6. The molecule has 2 N–H and O–H groups in total. The number of nitrogens with one attached hydrogen (secondary N) is 2. The van der Waals surface area contributed by atoms with E-state index in [1.807, 2.05) is 18.2 Å². The van der Waals surface area contributed by atoms with Crippen molar-refractivity contribution >= 4 is 5.91 Å². The molecule has 1 fully saturated rings. The first-order valence-electron chi connectivity index (χ1n) is 9.44. The number of benzene rings is 1. The molecule has 4 rings (SSSR count). The van der Waals surface area contributed by atoms with Gasteiger partial charge in [0.15, 0.2) is 5.69 Å². The number of hydrogen-bond donors (Lipinski definition) is 2. The van der Waals surface area contributed by atoms with E-state index in [0.717, 1.165) is 43.6 Å². The van der Waals surface area contributed by atoms with Crippen LogP contribution in [0.5, 0.6) is 0 Å². The third-order valence-corrected chi connectivity index (χ3v) is 5.48. The Morgan fingerprint density at radius 2 is 1.96 bits per heavy atom. The smallest absolute Gasteiger partial charge is 0.275 e. The van der Waals surface area contributed by atoms with Crippen LogP contribution in [0.4, 0.5) is 0 Å². The van der Waals surface area contributed by atoms with Gasteiger partial charge in [0.05, 0.1) is 0 Å². The fourth-order valence-electron chi connectivity index (χ4n) is 4.08. The Morgan fingerprint density at radius 3 is 2.76 bits per heavy atom. The van der Waals surface area contributed by atoms with Gasteiger partial charge in [0.2, 0.25) is 0 Å². The average molecular weight is 338 g/mol. The van der Waals surface area contributed by atoms with Gasteiger partial charge in [-0.3, -0.25) is 9.89 Å². The summed E-state index contributed by atoms with van der Waals surface area (Å²) < 4.78 is 0. The minimum absolute atomic E-state index is 0.0805. The molecule has 1 aliphatic carbocycles. The van der Waals surface area contributed by atoms with Crippen molar-refractivity contribution in [2.24, 2.45) is 0 Å². The highest BCUT2D eigenvalue weighted by Crippen LogP contribution is 2.27. The number of hydrogen-bond acceptors (Lipinski definition) is 3. The molecular weight excluding hydrogens is 312 g/mol. The Kier molecular flexibility index (Phi) is 4.83. The van der Waals surface area contributed by atoms with Crippen LogP contribution in [0.1, 0.15) is 59.4 Å². The van der Waals surface area contributed by atoms with Crippen molar-refractivity contribution < 1.29 is 4.79 Å². The molecular formula is C20H26N4O. The lowest BCUT2D eigenvalue weighted by molar-refractivity contribution is 0.0606. The fourth-order valence-corrected chi connectivity index (χ4v) is 4.08. The fraction of sp³-hybridized carbons (Fsp3) is 0.500. The van der Waals surface area contributed by atoms with Gasteiger partial charge in [0, 0.05) is 43.4 Å². The quantitative estimate of drug-likeness (QED) is 0.901. The standard InChI is InChI=1S/C20H26N4O/c25-20(19-17-13-21-12-11-18(17)22-23-19)24(16-9-5-2-6-10-16)14-15-7-3-1-4-8-15/h1,3-4,7-8,16,21H,2,5-6,9-14H2,(H,22,23). The average Bonchev–Trinajstić information content (AvgIpc) is 3.11. The molecule has 0 unspecified atom stereocenters. The van der Waals surface area contributed by atoms with Crippen LogP contribution in [-0.4, -0.2) is 33.6 Å². The number of carbonyl (C=O) groups is 1. The van der Waals surface area contributed by atoms with E-state index in [4.69, 9.17) is 0 Å². The maximum Gasteiger partial charge on any atom is 0.275 e. The molecule has 2 aliphatic rings. The van der Waals surface area contributed by atoms with Crippen molar-refractivity contribution in [1.82, 2.24) is 20.4 Å². The monoisotopic (exact) mass is 338 g/mol. The normalized spacial score (nSPS) is 17.9. The molecule has 1 amide bonds. The van der Waals surface area contributed by atoms with E-state index in [1.165, 1.54) is 24.8 Å². The van der Waals surface area contributed by atoms with E-state index in [1.54, 1.807) is 0 Å². The second-order valence-corrected chi connectivity index (χ2v) is 7.17. The molecule has 5 heteroatoms. The van der Waals surface area contributed by atoms with E-state index in [2.05, 4.69) is 32.5 Å². The summed E-state index contributed by atoms with van der Waals surface area (Å²) in [5, 5.41) is 10.8. The van der Waals surface area contributed by atoms with Crippen LogP contribution < -0.4 is 5.32 Å². The van der Waals surface area contributed by atoms with E-state index in [9.17, 15) is 4.79 Å². The number of H-pyrrole nitrogens is 1. The van der Waals surface area contributed by atoms with Crippen molar-refractivity contribution in [2.75, 3.05) is 6.54 Å². The molecule has 0 radical (unpaired) electrons. The SMILES string of the molecule is O=C(c1n[nH]c2c1CNCC2)N(Cc1ccccc1)C1CCCCC1. The molecule has 1 saturated carbocycles. The summed E-state index contributed by atoms with van der Waals surface area (Å²) in [5.74, 6) is 0.0805. The van der Waals surface area contributed by atoms with E-state index in [0.29, 0.717) is 18.3 Å². The molecule has 1 aromatic heterocycles. The van der Waals surface area contributed by atoms with Crippen LogP contribution in [-0.2, 0) is 19.5 Å². The molecule has 1 aromatic carbocycles. The van der Waals surface area contributed by atoms with Crippen molar-refractivity contribution in [3.8, 4) is 0 Å². The van der Waals surface area contributed by atoms with Crippen molar-refractivity contribution in [3.63, 3.8) is 0 Å². The Morgan fingerprint density at radius 1 is 1.16 bits per heavy atom. The van der Waals surface area contributed by atoms with Crippen molar-refractivity contribution in [1.29, 1.82) is 0 Å². The molecule has 2 aromatic rings. The van der Waals surface area contributed by atoms with Gasteiger partial charge in [-0.05, 0) is 18.4 Å². The number of aromatic amines is 1. The molecule has 5 nitrogen and oxygen atoms in total. The van der Waals surface area contributed by atoms with Crippen LogP contribution in [0.15, 0.2) is 30.3 Å². The highest BCUT2D eigenvalue weighted by Gasteiger charge is 2.30. The van der Waals surface area contributed by atoms with Crippen LogP contribution in [0.25, 0.3) is 0 Å². The van der Waals surface area contributed by atoms with Gasteiger partial charge in [0.25, 0.3) is 5.91 Å². The second kappa shape index (κ2) is 7.40. The summed E-state index contributed by atoms with van der Waals surface area (Å²) in [4.78, 5) is 15.5. The molecule has 25 heavy (non-hydrogen) atoms. The number of nitrogens with zero attached hydrogens (tertiary/aromatic N) is 2. The highest BCUT2D eigenvalue weighted by molar-refractivity contribution is 5.94. The summed E-state index contributed by atoms with van der Waals surface area (Å²) in [5.41, 5.74) is 3.98. The van der Waals surface area contributed by atoms with Crippen LogP contribution in [0.3, 0.4) is 0 Å². The first kappa shape index (κ1) is 16.3. The topological polar surface area (TPSA) is 61.0 Å². The van der Waals surface area contributed by atoms with E-state index < -0.39 is 0 Å². The lowest BCUT2D eigenvalue weighted by Gasteiger charge is -2.34. The van der Waals surface area contributed by atoms with Gasteiger partial charge in [-0.25, -0.2) is 0 Å². The van der Waals surface area contributed by atoms with Gasteiger partial charge in [0.1, 0.15) is 0 Å². The Bertz CT molecular complexity index is 719. The minimum atomic E-state index is 0.0805. The predicted octanol–water partition coefficient (Wildman–Crippen LogP) is 3.03. The minimum Gasteiger partial charge on any atom is -0.330 e. The lowest BCUT2D eigenvalue weighted by Crippen LogP contribution is -2.41.